The molecule has 13 heteroatoms. The molecule has 3 aromatic rings. The van der Waals surface area contributed by atoms with Gasteiger partial charge in [0.25, 0.3) is 0 Å². The van der Waals surface area contributed by atoms with Crippen LogP contribution in [0.5, 0.6) is 17.4 Å². The first-order valence-corrected chi connectivity index (χ1v) is 11.9. The maximum atomic E-state index is 14.7. The fraction of sp³-hybridized carbons (Fsp3) is 0.440. The maximum Gasteiger partial charge on any atom is 0.309 e. The average Bonchev–Trinajstić information content (AvgIpc) is 2.91. The van der Waals surface area contributed by atoms with Crippen molar-refractivity contribution in [3.05, 3.63) is 47.7 Å². The molecule has 1 saturated heterocycles. The SMILES string of the molecule is COc1ccc2ncc(F)c(CCN3CC[C@H](NCc4cc5c(cn4)OCCO5)[C@H](C(=O)O)C3)c2n1.Cl.Cl. The monoisotopic (exact) mass is 569 g/mol. The van der Waals surface area contributed by atoms with Crippen LogP contribution >= 0.6 is 24.8 Å². The number of fused-ring (bicyclic) bond motifs is 2. The van der Waals surface area contributed by atoms with E-state index in [4.69, 9.17) is 14.2 Å². The number of aliphatic carboxylic acids is 1. The number of rotatable bonds is 8. The number of ether oxygens (including phenoxy) is 3. The van der Waals surface area contributed by atoms with Crippen LogP contribution in [0.4, 0.5) is 4.39 Å². The number of carbonyl (C=O) groups is 1. The molecule has 0 saturated carbocycles. The third-order valence-electron chi connectivity index (χ3n) is 6.67. The number of pyridine rings is 3. The standard InChI is InChI=1S/C25H28FN5O5.2ClH/c1-34-23-3-2-20-24(30-23)16(18(26)12-29-20)4-6-31-7-5-19(17(14-31)25(32)33)28-11-15-10-21-22(13-27-15)36-9-8-35-21;;/h2-3,10,12-13,17,19,28H,4-9,11,14H2,1H3,(H,32,33);2*1H/t17-,19+;;/m1../s1. The summed E-state index contributed by atoms with van der Waals surface area (Å²) in [6.45, 7) is 2.98. The van der Waals surface area contributed by atoms with Crippen LogP contribution in [0.3, 0.4) is 0 Å². The van der Waals surface area contributed by atoms with Crippen LogP contribution < -0.4 is 19.5 Å². The molecule has 0 bridgehead atoms. The summed E-state index contributed by atoms with van der Waals surface area (Å²) in [5.41, 5.74) is 2.27. The van der Waals surface area contributed by atoms with Crippen molar-refractivity contribution in [1.82, 2.24) is 25.2 Å². The van der Waals surface area contributed by atoms with Gasteiger partial charge >= 0.3 is 5.97 Å². The summed E-state index contributed by atoms with van der Waals surface area (Å²) in [4.78, 5) is 27.0. The highest BCUT2D eigenvalue weighted by Crippen LogP contribution is 2.29. The highest BCUT2D eigenvalue weighted by molar-refractivity contribution is 5.85. The Hall–Kier alpha value is -2.99. The number of hydrogen-bond donors (Lipinski definition) is 2. The summed E-state index contributed by atoms with van der Waals surface area (Å²) < 4.78 is 30.9. The van der Waals surface area contributed by atoms with E-state index in [0.717, 1.165) is 5.69 Å². The number of halogens is 3. The molecule has 10 nitrogen and oxygen atoms in total. The van der Waals surface area contributed by atoms with Gasteiger partial charge in [-0.3, -0.25) is 14.8 Å². The second-order valence-electron chi connectivity index (χ2n) is 8.90. The van der Waals surface area contributed by atoms with Crippen molar-refractivity contribution in [2.45, 2.75) is 25.4 Å². The topological polar surface area (TPSA) is 119 Å². The molecular formula is C25H30Cl2FN5O5. The van der Waals surface area contributed by atoms with Gasteiger partial charge in [-0.2, -0.15) is 0 Å². The van der Waals surface area contributed by atoms with Crippen molar-refractivity contribution >= 4 is 41.8 Å². The second-order valence-corrected chi connectivity index (χ2v) is 8.90. The van der Waals surface area contributed by atoms with Crippen molar-refractivity contribution in [3.8, 4) is 17.4 Å². The van der Waals surface area contributed by atoms with E-state index in [1.807, 2.05) is 6.07 Å². The van der Waals surface area contributed by atoms with Gasteiger partial charge in [0.1, 0.15) is 19.0 Å². The molecule has 0 unspecified atom stereocenters. The van der Waals surface area contributed by atoms with Gasteiger partial charge in [-0.25, -0.2) is 9.37 Å². The zero-order valence-electron chi connectivity index (χ0n) is 20.8. The Morgan fingerprint density at radius 1 is 1.21 bits per heavy atom. The lowest BCUT2D eigenvalue weighted by atomic mass is 9.91. The Kier molecular flexibility index (Phi) is 10.3. The molecule has 0 spiro atoms. The number of nitrogens with one attached hydrogen (secondary N) is 1. The van der Waals surface area contributed by atoms with Crippen LogP contribution in [-0.2, 0) is 17.8 Å². The Bertz CT molecular complexity index is 1270. The van der Waals surface area contributed by atoms with Crippen molar-refractivity contribution in [2.24, 2.45) is 5.92 Å². The van der Waals surface area contributed by atoms with E-state index < -0.39 is 17.7 Å². The summed E-state index contributed by atoms with van der Waals surface area (Å²) in [7, 11) is 1.51. The number of carboxylic acids is 1. The van der Waals surface area contributed by atoms with E-state index in [-0.39, 0.29) is 30.9 Å². The number of carboxylic acid groups (broad SMARTS) is 1. The Balaban J connectivity index is 0.00000200. The molecule has 0 aliphatic carbocycles. The minimum atomic E-state index is -0.862. The van der Waals surface area contributed by atoms with E-state index in [1.165, 1.54) is 13.3 Å². The van der Waals surface area contributed by atoms with E-state index >= 15 is 0 Å². The molecule has 2 atom stereocenters. The minimum absolute atomic E-state index is 0. The molecule has 2 aliphatic heterocycles. The fourth-order valence-corrected chi connectivity index (χ4v) is 4.74. The van der Waals surface area contributed by atoms with Gasteiger partial charge in [-0.15, -0.1) is 24.8 Å². The molecule has 0 amide bonds. The number of hydrogen-bond acceptors (Lipinski definition) is 9. The summed E-state index contributed by atoms with van der Waals surface area (Å²) >= 11 is 0. The van der Waals surface area contributed by atoms with Gasteiger partial charge in [-0.05, 0) is 25.5 Å². The third kappa shape index (κ3) is 6.52. The lowest BCUT2D eigenvalue weighted by molar-refractivity contribution is -0.144. The first-order valence-electron chi connectivity index (χ1n) is 11.9. The minimum Gasteiger partial charge on any atom is -0.486 e. The van der Waals surface area contributed by atoms with Crippen molar-refractivity contribution in [3.63, 3.8) is 0 Å². The molecule has 0 radical (unpaired) electrons. The van der Waals surface area contributed by atoms with Crippen LogP contribution in [0.15, 0.2) is 30.6 Å². The van der Waals surface area contributed by atoms with Crippen LogP contribution in [0, 0.1) is 11.7 Å². The maximum absolute atomic E-state index is 14.7. The van der Waals surface area contributed by atoms with Crippen molar-refractivity contribution in [1.29, 1.82) is 0 Å². The van der Waals surface area contributed by atoms with Crippen LogP contribution in [0.1, 0.15) is 17.7 Å². The van der Waals surface area contributed by atoms with Crippen molar-refractivity contribution in [2.75, 3.05) is 40.0 Å². The summed E-state index contributed by atoms with van der Waals surface area (Å²) in [6, 6.07) is 5.05. The first kappa shape index (κ1) is 29.6. The van der Waals surface area contributed by atoms with Gasteiger partial charge in [-0.1, -0.05) is 0 Å². The predicted octanol–water partition coefficient (Wildman–Crippen LogP) is 2.89. The molecule has 2 N–H and O–H groups in total. The third-order valence-corrected chi connectivity index (χ3v) is 6.67. The highest BCUT2D eigenvalue weighted by Gasteiger charge is 2.34. The number of piperidine rings is 1. The largest absolute Gasteiger partial charge is 0.486 e. The summed E-state index contributed by atoms with van der Waals surface area (Å²) in [5.74, 6) is -0.232. The molecular weight excluding hydrogens is 540 g/mol. The van der Waals surface area contributed by atoms with E-state index in [0.29, 0.717) is 86.2 Å². The lowest BCUT2D eigenvalue weighted by Crippen LogP contribution is -2.52. The number of methoxy groups -OCH3 is 1. The molecule has 3 aromatic heterocycles. The first-order chi connectivity index (χ1) is 17.5. The van der Waals surface area contributed by atoms with Crippen LogP contribution in [-0.4, -0.2) is 76.9 Å². The van der Waals surface area contributed by atoms with Crippen LogP contribution in [0.2, 0.25) is 0 Å². The van der Waals surface area contributed by atoms with Crippen molar-refractivity contribution < 1.29 is 28.5 Å². The second kappa shape index (κ2) is 13.2. The average molecular weight is 570 g/mol. The molecule has 206 valence electrons. The van der Waals surface area contributed by atoms with Gasteiger partial charge in [0.15, 0.2) is 11.5 Å². The molecule has 5 heterocycles. The predicted molar refractivity (Wildman–Crippen MR) is 142 cm³/mol. The van der Waals surface area contributed by atoms with E-state index in [2.05, 4.69) is 25.2 Å². The van der Waals surface area contributed by atoms with Gasteiger partial charge < -0.3 is 29.5 Å². The molecule has 1 fully saturated rings. The number of likely N-dealkylation sites (tertiary alicyclic amines) is 1. The Labute approximate surface area is 231 Å². The zero-order valence-corrected chi connectivity index (χ0v) is 22.4. The zero-order chi connectivity index (χ0) is 25.1. The molecule has 38 heavy (non-hydrogen) atoms. The summed E-state index contributed by atoms with van der Waals surface area (Å²) in [5, 5.41) is 13.3. The summed E-state index contributed by atoms with van der Waals surface area (Å²) in [6.07, 6.45) is 3.87. The van der Waals surface area contributed by atoms with E-state index in [1.54, 1.807) is 18.3 Å². The smallest absolute Gasteiger partial charge is 0.309 e. The molecule has 0 aromatic carbocycles. The lowest BCUT2D eigenvalue weighted by Gasteiger charge is -2.37. The quantitative estimate of drug-likeness (QED) is 0.419. The normalized spacial score (nSPS) is 18.8. The molecule has 5 rings (SSSR count). The molecule has 2 aliphatic rings. The van der Waals surface area contributed by atoms with Gasteiger partial charge in [0, 0.05) is 43.4 Å². The Morgan fingerprint density at radius 3 is 2.76 bits per heavy atom. The van der Waals surface area contributed by atoms with Crippen LogP contribution in [0.25, 0.3) is 11.0 Å². The Morgan fingerprint density at radius 2 is 2.00 bits per heavy atom. The van der Waals surface area contributed by atoms with Gasteiger partial charge in [0.2, 0.25) is 5.88 Å². The fourth-order valence-electron chi connectivity index (χ4n) is 4.74. The van der Waals surface area contributed by atoms with E-state index in [9.17, 15) is 14.3 Å². The highest BCUT2D eigenvalue weighted by atomic mass is 35.5. The number of nitrogens with zero attached hydrogens (tertiary/aromatic N) is 4. The van der Waals surface area contributed by atoms with Gasteiger partial charge in [0.05, 0.1) is 42.1 Å². The number of aromatic nitrogens is 3.